The van der Waals surface area contributed by atoms with Crippen LogP contribution in [0.25, 0.3) is 0 Å². The van der Waals surface area contributed by atoms with Crippen LogP contribution in [0.15, 0.2) is 23.2 Å². The fourth-order valence-electron chi connectivity index (χ4n) is 1.94. The second kappa shape index (κ2) is 9.87. The van der Waals surface area contributed by atoms with Crippen LogP contribution in [0, 0.1) is 25.5 Å². The van der Waals surface area contributed by atoms with E-state index in [0.717, 1.165) is 28.9 Å². The molecule has 0 aliphatic heterocycles. The molecule has 0 saturated heterocycles. The molecule has 24 heavy (non-hydrogen) atoms. The third kappa shape index (κ3) is 5.97. The molecule has 8 heteroatoms. The number of aliphatic imine (C=N–C) groups is 1. The maximum atomic E-state index is 13.6. The average molecular weight is 466 g/mol. The van der Waals surface area contributed by atoms with E-state index in [-0.39, 0.29) is 36.1 Å². The molecule has 0 fully saturated rings. The molecule has 0 spiro atoms. The Balaban J connectivity index is 0.00000288. The molecule has 132 valence electrons. The molecule has 1 aromatic carbocycles. The monoisotopic (exact) mass is 466 g/mol. The fraction of sp³-hybridized carbons (Fsp3) is 0.375. The lowest BCUT2D eigenvalue weighted by atomic mass is 10.2. The van der Waals surface area contributed by atoms with Crippen LogP contribution in [0.2, 0.25) is 0 Å². The molecule has 0 unspecified atom stereocenters. The molecule has 4 nitrogen and oxygen atoms in total. The second-order valence-corrected chi connectivity index (χ2v) is 6.32. The number of thiazole rings is 1. The SMILES string of the molecule is CCNC(=NCc1cc(F)ccc1F)NCc1nc(C)c(C)s1.I. The molecule has 1 aromatic heterocycles. The van der Waals surface area contributed by atoms with Crippen molar-refractivity contribution >= 4 is 41.3 Å². The quantitative estimate of drug-likeness (QED) is 0.399. The first-order valence-corrected chi connectivity index (χ1v) is 8.20. The third-order valence-corrected chi connectivity index (χ3v) is 4.31. The maximum Gasteiger partial charge on any atom is 0.191 e. The van der Waals surface area contributed by atoms with E-state index < -0.39 is 11.6 Å². The lowest BCUT2D eigenvalue weighted by molar-refractivity contribution is 0.585. The van der Waals surface area contributed by atoms with Gasteiger partial charge in [0.2, 0.25) is 0 Å². The highest BCUT2D eigenvalue weighted by molar-refractivity contribution is 14.0. The number of guanidine groups is 1. The van der Waals surface area contributed by atoms with Crippen molar-refractivity contribution in [1.29, 1.82) is 0 Å². The molecule has 0 amide bonds. The van der Waals surface area contributed by atoms with Gasteiger partial charge in [0.1, 0.15) is 16.6 Å². The minimum absolute atomic E-state index is 0. The predicted molar refractivity (Wildman–Crippen MR) is 105 cm³/mol. The van der Waals surface area contributed by atoms with Crippen LogP contribution in [0.1, 0.15) is 28.1 Å². The zero-order chi connectivity index (χ0) is 16.8. The first-order valence-electron chi connectivity index (χ1n) is 7.38. The average Bonchev–Trinajstić information content (AvgIpc) is 2.84. The highest BCUT2D eigenvalue weighted by Gasteiger charge is 2.06. The molecular formula is C16H21F2IN4S. The van der Waals surface area contributed by atoms with Gasteiger partial charge in [0.05, 0.1) is 18.8 Å². The summed E-state index contributed by atoms with van der Waals surface area (Å²) in [5, 5.41) is 7.19. The summed E-state index contributed by atoms with van der Waals surface area (Å²) in [6.07, 6.45) is 0. The van der Waals surface area contributed by atoms with E-state index in [2.05, 4.69) is 20.6 Å². The Bertz CT molecular complexity index is 684. The first-order chi connectivity index (χ1) is 11.0. The van der Waals surface area contributed by atoms with Gasteiger partial charge in [-0.05, 0) is 39.0 Å². The highest BCUT2D eigenvalue weighted by Crippen LogP contribution is 2.16. The number of hydrogen-bond acceptors (Lipinski definition) is 3. The van der Waals surface area contributed by atoms with Crippen molar-refractivity contribution in [1.82, 2.24) is 15.6 Å². The zero-order valence-electron chi connectivity index (χ0n) is 13.8. The van der Waals surface area contributed by atoms with Crippen LogP contribution in [0.3, 0.4) is 0 Å². The first kappa shape index (κ1) is 20.8. The van der Waals surface area contributed by atoms with E-state index in [1.807, 2.05) is 20.8 Å². The van der Waals surface area contributed by atoms with Crippen LogP contribution in [-0.4, -0.2) is 17.5 Å². The summed E-state index contributed by atoms with van der Waals surface area (Å²) >= 11 is 1.63. The minimum Gasteiger partial charge on any atom is -0.357 e. The molecule has 0 radical (unpaired) electrons. The summed E-state index contributed by atoms with van der Waals surface area (Å²) in [7, 11) is 0. The van der Waals surface area contributed by atoms with E-state index in [1.54, 1.807) is 11.3 Å². The van der Waals surface area contributed by atoms with E-state index in [0.29, 0.717) is 19.0 Å². The number of aromatic nitrogens is 1. The predicted octanol–water partition coefficient (Wildman–Crippen LogP) is 3.91. The third-order valence-electron chi connectivity index (χ3n) is 3.24. The molecule has 0 saturated carbocycles. The summed E-state index contributed by atoms with van der Waals surface area (Å²) in [5.41, 5.74) is 1.25. The number of benzene rings is 1. The van der Waals surface area contributed by atoms with Crippen LogP contribution in [-0.2, 0) is 13.1 Å². The molecule has 0 bridgehead atoms. The normalized spacial score (nSPS) is 11.1. The summed E-state index contributed by atoms with van der Waals surface area (Å²) in [4.78, 5) is 9.93. The summed E-state index contributed by atoms with van der Waals surface area (Å²) in [6.45, 7) is 7.22. The van der Waals surface area contributed by atoms with Gasteiger partial charge in [0.15, 0.2) is 5.96 Å². The van der Waals surface area contributed by atoms with Crippen LogP contribution >= 0.6 is 35.3 Å². The number of rotatable bonds is 5. The van der Waals surface area contributed by atoms with Gasteiger partial charge in [-0.2, -0.15) is 0 Å². The van der Waals surface area contributed by atoms with Gasteiger partial charge in [-0.15, -0.1) is 35.3 Å². The standard InChI is InChI=1S/C16H20F2N4S.HI/c1-4-19-16(21-9-15-22-10(2)11(3)23-15)20-8-12-7-13(17)5-6-14(12)18;/h5-7H,4,8-9H2,1-3H3,(H2,19,20,21);1H. The van der Waals surface area contributed by atoms with Gasteiger partial charge in [0, 0.05) is 17.0 Å². The minimum atomic E-state index is -0.469. The summed E-state index contributed by atoms with van der Waals surface area (Å²) in [5.74, 6) is -0.387. The van der Waals surface area contributed by atoms with E-state index in [9.17, 15) is 8.78 Å². The molecule has 2 rings (SSSR count). The Morgan fingerprint density at radius 1 is 1.25 bits per heavy atom. The van der Waals surface area contributed by atoms with Gasteiger partial charge in [-0.1, -0.05) is 0 Å². The Hall–Kier alpha value is -1.29. The topological polar surface area (TPSA) is 49.3 Å². The molecule has 0 aliphatic rings. The largest absolute Gasteiger partial charge is 0.357 e. The maximum absolute atomic E-state index is 13.6. The van der Waals surface area contributed by atoms with Gasteiger partial charge in [-0.25, -0.2) is 18.8 Å². The summed E-state index contributed by atoms with van der Waals surface area (Å²) in [6, 6.07) is 3.37. The van der Waals surface area contributed by atoms with E-state index in [4.69, 9.17) is 0 Å². The van der Waals surface area contributed by atoms with Crippen molar-refractivity contribution in [3.8, 4) is 0 Å². The van der Waals surface area contributed by atoms with E-state index in [1.165, 1.54) is 4.88 Å². The van der Waals surface area contributed by atoms with Gasteiger partial charge in [-0.3, -0.25) is 0 Å². The second-order valence-electron chi connectivity index (χ2n) is 5.03. The highest BCUT2D eigenvalue weighted by atomic mass is 127. The Kier molecular flexibility index (Phi) is 8.54. The molecule has 2 N–H and O–H groups in total. The Labute approximate surface area is 161 Å². The number of nitrogens with zero attached hydrogens (tertiary/aromatic N) is 2. The molecular weight excluding hydrogens is 445 g/mol. The van der Waals surface area contributed by atoms with Gasteiger partial charge < -0.3 is 10.6 Å². The van der Waals surface area contributed by atoms with Gasteiger partial charge >= 0.3 is 0 Å². The van der Waals surface area contributed by atoms with Crippen molar-refractivity contribution in [2.45, 2.75) is 33.9 Å². The van der Waals surface area contributed by atoms with Gasteiger partial charge in [0.25, 0.3) is 0 Å². The van der Waals surface area contributed by atoms with Crippen LogP contribution in [0.5, 0.6) is 0 Å². The number of aryl methyl sites for hydroxylation is 2. The van der Waals surface area contributed by atoms with Crippen molar-refractivity contribution < 1.29 is 8.78 Å². The molecule has 0 atom stereocenters. The number of halogens is 3. The molecule has 1 heterocycles. The zero-order valence-corrected chi connectivity index (χ0v) is 17.0. The van der Waals surface area contributed by atoms with Crippen molar-refractivity contribution in [3.63, 3.8) is 0 Å². The lowest BCUT2D eigenvalue weighted by Gasteiger charge is -2.10. The lowest BCUT2D eigenvalue weighted by Crippen LogP contribution is -2.36. The molecule has 2 aromatic rings. The Morgan fingerprint density at radius 3 is 2.62 bits per heavy atom. The van der Waals surface area contributed by atoms with Crippen LogP contribution < -0.4 is 10.6 Å². The fourth-order valence-corrected chi connectivity index (χ4v) is 2.82. The smallest absolute Gasteiger partial charge is 0.191 e. The summed E-state index contributed by atoms with van der Waals surface area (Å²) < 4.78 is 26.8. The Morgan fingerprint density at radius 2 is 2.00 bits per heavy atom. The molecule has 0 aliphatic carbocycles. The number of hydrogen-bond donors (Lipinski definition) is 2. The van der Waals surface area contributed by atoms with Crippen LogP contribution in [0.4, 0.5) is 8.78 Å². The van der Waals surface area contributed by atoms with Crippen molar-refractivity contribution in [2.24, 2.45) is 4.99 Å². The van der Waals surface area contributed by atoms with Crippen molar-refractivity contribution in [3.05, 3.63) is 51.0 Å². The van der Waals surface area contributed by atoms with E-state index >= 15 is 0 Å². The van der Waals surface area contributed by atoms with Crippen molar-refractivity contribution in [2.75, 3.05) is 6.54 Å². The number of nitrogens with one attached hydrogen (secondary N) is 2.